The predicted molar refractivity (Wildman–Crippen MR) is 62.7 cm³/mol. The van der Waals surface area contributed by atoms with Gasteiger partial charge in [0.2, 0.25) is 10.0 Å². The lowest BCUT2D eigenvalue weighted by atomic mass is 10.3. The Hall–Kier alpha value is -0.990. The number of aromatic nitrogens is 3. The van der Waals surface area contributed by atoms with Gasteiger partial charge in [0.15, 0.2) is 0 Å². The van der Waals surface area contributed by atoms with Gasteiger partial charge in [-0.2, -0.15) is 5.10 Å². The minimum atomic E-state index is -3.28. The molecule has 0 spiro atoms. The van der Waals surface area contributed by atoms with Crippen molar-refractivity contribution in [2.75, 3.05) is 12.3 Å². The summed E-state index contributed by atoms with van der Waals surface area (Å²) in [7, 11) is -3.28. The molecule has 1 saturated carbocycles. The molecule has 1 fully saturated rings. The van der Waals surface area contributed by atoms with Crippen LogP contribution in [-0.4, -0.2) is 41.9 Å². The molecule has 0 radical (unpaired) electrons. The number of H-pyrrole nitrogens is 1. The maximum absolute atomic E-state index is 11.7. The van der Waals surface area contributed by atoms with E-state index in [2.05, 4.69) is 25.2 Å². The van der Waals surface area contributed by atoms with E-state index in [1.807, 2.05) is 0 Å². The van der Waals surface area contributed by atoms with E-state index in [1.54, 1.807) is 6.92 Å². The average Bonchev–Trinajstić information content (AvgIpc) is 2.91. The van der Waals surface area contributed by atoms with E-state index in [4.69, 9.17) is 0 Å². The van der Waals surface area contributed by atoms with Gasteiger partial charge in [0.1, 0.15) is 12.2 Å². The van der Waals surface area contributed by atoms with Gasteiger partial charge in [-0.1, -0.05) is 0 Å². The van der Waals surface area contributed by atoms with Crippen LogP contribution in [-0.2, 0) is 10.0 Å². The Bertz CT molecular complexity index is 440. The van der Waals surface area contributed by atoms with Gasteiger partial charge in [0, 0.05) is 12.6 Å². The molecule has 7 nitrogen and oxygen atoms in total. The highest BCUT2D eigenvalue weighted by Crippen LogP contribution is 2.18. The molecule has 3 N–H and O–H groups in total. The molecular weight excluding hydrogens is 242 g/mol. The Balaban J connectivity index is 1.79. The van der Waals surface area contributed by atoms with Crippen LogP contribution in [0.1, 0.15) is 31.6 Å². The maximum atomic E-state index is 11.7. The van der Waals surface area contributed by atoms with Crippen LogP contribution in [0.15, 0.2) is 6.33 Å². The van der Waals surface area contributed by atoms with Crippen molar-refractivity contribution in [3.05, 3.63) is 12.2 Å². The van der Waals surface area contributed by atoms with Crippen LogP contribution in [0, 0.1) is 0 Å². The summed E-state index contributed by atoms with van der Waals surface area (Å²) in [6.45, 7) is 2.22. The molecule has 0 amide bonds. The van der Waals surface area contributed by atoms with Gasteiger partial charge < -0.3 is 5.32 Å². The average molecular weight is 259 g/mol. The standard InChI is InChI=1S/C9H17N5O2S/c1-7(9-11-6-12-13-9)14-17(15,16)5-4-10-8-2-3-8/h6-8,10,14H,2-5H2,1H3,(H,11,12,13). The summed E-state index contributed by atoms with van der Waals surface area (Å²) in [4.78, 5) is 3.91. The highest BCUT2D eigenvalue weighted by atomic mass is 32.2. The van der Waals surface area contributed by atoms with Crippen molar-refractivity contribution >= 4 is 10.0 Å². The molecule has 1 aliphatic rings. The van der Waals surface area contributed by atoms with E-state index in [-0.39, 0.29) is 11.8 Å². The van der Waals surface area contributed by atoms with E-state index in [0.717, 1.165) is 12.8 Å². The van der Waals surface area contributed by atoms with Gasteiger partial charge in [-0.15, -0.1) is 0 Å². The summed E-state index contributed by atoms with van der Waals surface area (Å²) in [5.74, 6) is 0.603. The van der Waals surface area contributed by atoms with Crippen molar-refractivity contribution in [1.29, 1.82) is 0 Å². The van der Waals surface area contributed by atoms with Crippen molar-refractivity contribution in [1.82, 2.24) is 25.2 Å². The Morgan fingerprint density at radius 2 is 2.35 bits per heavy atom. The molecule has 0 bridgehead atoms. The highest BCUT2D eigenvalue weighted by molar-refractivity contribution is 7.89. The van der Waals surface area contributed by atoms with Gasteiger partial charge in [0.05, 0.1) is 11.8 Å². The van der Waals surface area contributed by atoms with Gasteiger partial charge >= 0.3 is 0 Å². The second kappa shape index (κ2) is 5.11. The van der Waals surface area contributed by atoms with Crippen molar-refractivity contribution < 1.29 is 8.42 Å². The summed E-state index contributed by atoms with van der Waals surface area (Å²) >= 11 is 0. The maximum Gasteiger partial charge on any atom is 0.213 e. The molecule has 17 heavy (non-hydrogen) atoms. The summed E-state index contributed by atoms with van der Waals surface area (Å²) in [6.07, 6.45) is 3.67. The molecule has 1 aromatic heterocycles. The van der Waals surface area contributed by atoms with Crippen LogP contribution in [0.3, 0.4) is 0 Å². The number of hydrogen-bond acceptors (Lipinski definition) is 5. The van der Waals surface area contributed by atoms with E-state index < -0.39 is 10.0 Å². The van der Waals surface area contributed by atoms with Gasteiger partial charge in [-0.3, -0.25) is 5.10 Å². The first-order chi connectivity index (χ1) is 8.07. The van der Waals surface area contributed by atoms with Gasteiger partial charge in [-0.05, 0) is 19.8 Å². The first kappa shape index (κ1) is 12.5. The largest absolute Gasteiger partial charge is 0.313 e. The van der Waals surface area contributed by atoms with Crippen molar-refractivity contribution in [2.24, 2.45) is 0 Å². The normalized spacial score (nSPS) is 18.2. The van der Waals surface area contributed by atoms with Gasteiger partial charge in [-0.25, -0.2) is 18.1 Å². The smallest absolute Gasteiger partial charge is 0.213 e. The zero-order chi connectivity index (χ0) is 12.3. The number of hydrogen-bond donors (Lipinski definition) is 3. The third-order valence-corrected chi connectivity index (χ3v) is 4.04. The summed E-state index contributed by atoms with van der Waals surface area (Å²) in [6, 6.07) is 0.139. The SMILES string of the molecule is CC(NS(=O)(=O)CCNC1CC1)c1ncn[nH]1. The Kier molecular flexibility index (Phi) is 3.75. The third kappa shape index (κ3) is 4.06. The molecule has 0 aliphatic heterocycles. The van der Waals surface area contributed by atoms with Crippen molar-refractivity contribution in [3.8, 4) is 0 Å². The molecule has 1 aromatic rings. The molecule has 1 heterocycles. The molecular formula is C9H17N5O2S. The second-order valence-electron chi connectivity index (χ2n) is 4.26. The number of sulfonamides is 1. The summed E-state index contributed by atoms with van der Waals surface area (Å²) < 4.78 is 26.0. The number of aromatic amines is 1. The lowest BCUT2D eigenvalue weighted by molar-refractivity contribution is 0.556. The zero-order valence-corrected chi connectivity index (χ0v) is 10.5. The second-order valence-corrected chi connectivity index (χ2v) is 6.13. The highest BCUT2D eigenvalue weighted by Gasteiger charge is 2.22. The van der Waals surface area contributed by atoms with E-state index in [9.17, 15) is 8.42 Å². The zero-order valence-electron chi connectivity index (χ0n) is 9.68. The molecule has 96 valence electrons. The summed E-state index contributed by atoms with van der Waals surface area (Å²) in [5, 5.41) is 9.49. The first-order valence-electron chi connectivity index (χ1n) is 5.65. The molecule has 1 aliphatic carbocycles. The number of nitrogens with zero attached hydrogens (tertiary/aromatic N) is 2. The molecule has 1 atom stereocenters. The Labute approximate surface area is 100 Å². The number of nitrogens with one attached hydrogen (secondary N) is 3. The fourth-order valence-corrected chi connectivity index (χ4v) is 2.65. The quantitative estimate of drug-likeness (QED) is 0.615. The number of rotatable bonds is 7. The van der Waals surface area contributed by atoms with E-state index in [0.29, 0.717) is 18.4 Å². The minimum Gasteiger partial charge on any atom is -0.313 e. The van der Waals surface area contributed by atoms with Crippen LogP contribution in [0.4, 0.5) is 0 Å². The van der Waals surface area contributed by atoms with Crippen LogP contribution in [0.5, 0.6) is 0 Å². The van der Waals surface area contributed by atoms with Crippen LogP contribution in [0.25, 0.3) is 0 Å². The lowest BCUT2D eigenvalue weighted by Crippen LogP contribution is -2.34. The fraction of sp³-hybridized carbons (Fsp3) is 0.778. The Morgan fingerprint density at radius 3 is 2.94 bits per heavy atom. The van der Waals surface area contributed by atoms with Crippen LogP contribution < -0.4 is 10.0 Å². The van der Waals surface area contributed by atoms with Gasteiger partial charge in [0.25, 0.3) is 0 Å². The fourth-order valence-electron chi connectivity index (χ4n) is 1.49. The molecule has 8 heteroatoms. The molecule has 2 rings (SSSR count). The third-order valence-electron chi connectivity index (χ3n) is 2.58. The summed E-state index contributed by atoms with van der Waals surface area (Å²) in [5.41, 5.74) is 0. The molecule has 1 unspecified atom stereocenters. The topological polar surface area (TPSA) is 99.8 Å². The Morgan fingerprint density at radius 1 is 1.59 bits per heavy atom. The predicted octanol–water partition coefficient (Wildman–Crippen LogP) is -0.463. The molecule has 0 aromatic carbocycles. The van der Waals surface area contributed by atoms with E-state index in [1.165, 1.54) is 6.33 Å². The van der Waals surface area contributed by atoms with E-state index >= 15 is 0 Å². The lowest BCUT2D eigenvalue weighted by Gasteiger charge is -2.11. The first-order valence-corrected chi connectivity index (χ1v) is 7.31. The van der Waals surface area contributed by atoms with Crippen molar-refractivity contribution in [2.45, 2.75) is 31.8 Å². The van der Waals surface area contributed by atoms with Crippen molar-refractivity contribution in [3.63, 3.8) is 0 Å². The molecule has 0 saturated heterocycles. The monoisotopic (exact) mass is 259 g/mol. The van der Waals surface area contributed by atoms with Crippen LogP contribution >= 0.6 is 0 Å². The minimum absolute atomic E-state index is 0.0853. The van der Waals surface area contributed by atoms with Crippen LogP contribution in [0.2, 0.25) is 0 Å².